The number of hydrogen-bond donors (Lipinski definition) is 2. The summed E-state index contributed by atoms with van der Waals surface area (Å²) in [6.07, 6.45) is 5.25. The number of aliphatic hydroxyl groups is 1. The van der Waals surface area contributed by atoms with Gasteiger partial charge in [0.1, 0.15) is 6.04 Å². The summed E-state index contributed by atoms with van der Waals surface area (Å²) in [5.74, 6) is -0.586. The van der Waals surface area contributed by atoms with E-state index >= 15 is 0 Å². The molecule has 194 valence electrons. The minimum absolute atomic E-state index is 0.104. The molecule has 0 bridgehead atoms. The van der Waals surface area contributed by atoms with Crippen molar-refractivity contribution in [1.29, 1.82) is 0 Å². The number of piperidine rings is 1. The lowest BCUT2D eigenvalue weighted by Crippen LogP contribution is -2.60. The number of benzene rings is 2. The molecule has 2 aromatic carbocycles. The lowest BCUT2D eigenvalue weighted by Gasteiger charge is -2.51. The van der Waals surface area contributed by atoms with Crippen molar-refractivity contribution >= 4 is 40.4 Å². The van der Waals surface area contributed by atoms with Gasteiger partial charge in [-0.3, -0.25) is 14.6 Å². The molecule has 1 saturated heterocycles. The van der Waals surface area contributed by atoms with Crippen LogP contribution in [0.1, 0.15) is 45.2 Å². The average molecular weight is 520 g/mol. The van der Waals surface area contributed by atoms with Crippen LogP contribution >= 0.6 is 11.6 Å². The number of halogens is 1. The van der Waals surface area contributed by atoms with Gasteiger partial charge in [-0.15, -0.1) is 0 Å². The van der Waals surface area contributed by atoms with Crippen LogP contribution in [0.3, 0.4) is 0 Å². The van der Waals surface area contributed by atoms with Gasteiger partial charge in [0.05, 0.1) is 11.1 Å². The van der Waals surface area contributed by atoms with Gasteiger partial charge in [-0.2, -0.15) is 0 Å². The summed E-state index contributed by atoms with van der Waals surface area (Å²) in [5.41, 5.74) is 0.781. The number of para-hydroxylation sites is 1. The SMILES string of the molecule is CC(C)[C@@H](NC(=O)C=Cc1cnc2ccccc2c1)C(=O)N1CC[C@](O)(c2ccc(Cl)cc2)C(C)(C)C1. The van der Waals surface area contributed by atoms with Crippen LogP contribution in [-0.4, -0.2) is 45.9 Å². The molecule has 0 saturated carbocycles. The minimum Gasteiger partial charge on any atom is -0.384 e. The maximum Gasteiger partial charge on any atom is 0.245 e. The summed E-state index contributed by atoms with van der Waals surface area (Å²) in [4.78, 5) is 32.5. The van der Waals surface area contributed by atoms with E-state index in [1.54, 1.807) is 29.3 Å². The number of nitrogens with one attached hydrogen (secondary N) is 1. The molecule has 4 rings (SSSR count). The van der Waals surface area contributed by atoms with E-state index < -0.39 is 17.1 Å². The second-order valence-corrected chi connectivity index (χ2v) is 11.2. The number of aromatic nitrogens is 1. The molecular formula is C30H34ClN3O3. The second-order valence-electron chi connectivity index (χ2n) is 10.8. The van der Waals surface area contributed by atoms with Crippen LogP contribution in [0.25, 0.3) is 17.0 Å². The maximum absolute atomic E-state index is 13.6. The molecule has 1 aliphatic rings. The molecule has 1 aliphatic heterocycles. The zero-order valence-corrected chi connectivity index (χ0v) is 22.5. The van der Waals surface area contributed by atoms with Gasteiger partial charge in [0.2, 0.25) is 11.8 Å². The molecule has 6 nitrogen and oxygen atoms in total. The Morgan fingerprint density at radius 1 is 1.14 bits per heavy atom. The van der Waals surface area contributed by atoms with Crippen LogP contribution in [-0.2, 0) is 15.2 Å². The van der Waals surface area contributed by atoms with Gasteiger partial charge in [0.25, 0.3) is 0 Å². The first-order valence-corrected chi connectivity index (χ1v) is 13.0. The molecule has 2 atom stereocenters. The molecule has 2 heterocycles. The number of carbonyl (C=O) groups excluding carboxylic acids is 2. The van der Waals surface area contributed by atoms with Crippen LogP contribution in [0.4, 0.5) is 0 Å². The molecule has 0 aliphatic carbocycles. The van der Waals surface area contributed by atoms with Crippen molar-refractivity contribution in [3.8, 4) is 0 Å². The van der Waals surface area contributed by atoms with Crippen LogP contribution in [0.2, 0.25) is 5.02 Å². The number of amides is 2. The molecule has 2 amide bonds. The van der Waals surface area contributed by atoms with E-state index in [0.717, 1.165) is 22.0 Å². The lowest BCUT2D eigenvalue weighted by molar-refractivity contribution is -0.156. The highest BCUT2D eigenvalue weighted by atomic mass is 35.5. The molecule has 1 aromatic heterocycles. The van der Waals surface area contributed by atoms with E-state index in [1.165, 1.54) is 6.08 Å². The average Bonchev–Trinajstić information content (AvgIpc) is 2.87. The first-order chi connectivity index (χ1) is 17.5. The molecule has 0 unspecified atom stereocenters. The number of hydrogen-bond acceptors (Lipinski definition) is 4. The number of rotatable bonds is 6. The number of fused-ring (bicyclic) bond motifs is 1. The maximum atomic E-state index is 13.6. The summed E-state index contributed by atoms with van der Waals surface area (Å²) < 4.78 is 0. The van der Waals surface area contributed by atoms with E-state index in [2.05, 4.69) is 10.3 Å². The first kappa shape index (κ1) is 26.8. The Morgan fingerprint density at radius 3 is 2.51 bits per heavy atom. The van der Waals surface area contributed by atoms with Crippen LogP contribution in [0.15, 0.2) is 66.9 Å². The number of pyridine rings is 1. The van der Waals surface area contributed by atoms with E-state index in [9.17, 15) is 14.7 Å². The summed E-state index contributed by atoms with van der Waals surface area (Å²) in [5, 5.41) is 16.1. The smallest absolute Gasteiger partial charge is 0.245 e. The Labute approximate surface area is 223 Å². The molecule has 3 aromatic rings. The summed E-state index contributed by atoms with van der Waals surface area (Å²) in [6.45, 7) is 8.51. The van der Waals surface area contributed by atoms with Gasteiger partial charge in [0, 0.05) is 41.2 Å². The lowest BCUT2D eigenvalue weighted by atomic mass is 9.66. The largest absolute Gasteiger partial charge is 0.384 e. The van der Waals surface area contributed by atoms with E-state index in [1.807, 2.05) is 70.2 Å². The van der Waals surface area contributed by atoms with Gasteiger partial charge in [-0.1, -0.05) is 69.6 Å². The minimum atomic E-state index is -1.10. The fourth-order valence-electron chi connectivity index (χ4n) is 5.03. The normalized spacial score (nSPS) is 20.4. The topological polar surface area (TPSA) is 82.5 Å². The van der Waals surface area contributed by atoms with Crippen molar-refractivity contribution in [1.82, 2.24) is 15.2 Å². The standard InChI is InChI=1S/C30H34ClN3O3/c1-20(2)27(33-26(35)14-9-21-17-22-7-5-6-8-25(22)32-18-21)28(36)34-16-15-30(37,29(3,4)19-34)23-10-12-24(31)13-11-23/h5-14,17-18,20,27,37H,15-16,19H2,1-4H3,(H,33,35)/t27-,30+/m1/s1. The van der Waals surface area contributed by atoms with E-state index in [-0.39, 0.29) is 17.7 Å². The van der Waals surface area contributed by atoms with Crippen molar-refractivity contribution in [2.75, 3.05) is 13.1 Å². The Hall–Kier alpha value is -3.22. The predicted molar refractivity (Wildman–Crippen MR) is 148 cm³/mol. The molecule has 0 spiro atoms. The molecule has 1 fully saturated rings. The third kappa shape index (κ3) is 5.71. The number of likely N-dealkylation sites (tertiary alicyclic amines) is 1. The molecular weight excluding hydrogens is 486 g/mol. The van der Waals surface area contributed by atoms with Crippen molar-refractivity contribution < 1.29 is 14.7 Å². The third-order valence-corrected chi connectivity index (χ3v) is 7.60. The van der Waals surface area contributed by atoms with Crippen molar-refractivity contribution in [2.24, 2.45) is 11.3 Å². The van der Waals surface area contributed by atoms with Crippen LogP contribution < -0.4 is 5.32 Å². The predicted octanol–water partition coefficient (Wildman–Crippen LogP) is 5.19. The molecule has 0 radical (unpaired) electrons. The summed E-state index contributed by atoms with van der Waals surface area (Å²) in [6, 6.07) is 16.3. The fourth-order valence-corrected chi connectivity index (χ4v) is 5.16. The monoisotopic (exact) mass is 519 g/mol. The van der Waals surface area contributed by atoms with E-state index in [0.29, 0.717) is 24.5 Å². The molecule has 7 heteroatoms. The van der Waals surface area contributed by atoms with Gasteiger partial charge in [-0.05, 0) is 53.8 Å². The quantitative estimate of drug-likeness (QED) is 0.439. The van der Waals surface area contributed by atoms with E-state index in [4.69, 9.17) is 11.6 Å². The first-order valence-electron chi connectivity index (χ1n) is 12.6. The molecule has 37 heavy (non-hydrogen) atoms. The van der Waals surface area contributed by atoms with Crippen LogP contribution in [0.5, 0.6) is 0 Å². The Morgan fingerprint density at radius 2 is 1.84 bits per heavy atom. The van der Waals surface area contributed by atoms with Gasteiger partial charge in [0.15, 0.2) is 0 Å². The zero-order chi connectivity index (χ0) is 26.8. The Bertz CT molecular complexity index is 1320. The highest BCUT2D eigenvalue weighted by Crippen LogP contribution is 2.46. The van der Waals surface area contributed by atoms with Crippen molar-refractivity contribution in [3.63, 3.8) is 0 Å². The Kier molecular flexibility index (Phi) is 7.72. The zero-order valence-electron chi connectivity index (χ0n) is 21.7. The number of nitrogens with zero attached hydrogens (tertiary/aromatic N) is 2. The van der Waals surface area contributed by atoms with Crippen molar-refractivity contribution in [3.05, 3.63) is 83.0 Å². The highest BCUT2D eigenvalue weighted by Gasteiger charge is 2.50. The Balaban J connectivity index is 1.44. The van der Waals surface area contributed by atoms with Gasteiger partial charge in [-0.25, -0.2) is 0 Å². The number of carbonyl (C=O) groups is 2. The summed E-state index contributed by atoms with van der Waals surface area (Å²) >= 11 is 6.04. The second kappa shape index (κ2) is 10.6. The molecule has 2 N–H and O–H groups in total. The highest BCUT2D eigenvalue weighted by molar-refractivity contribution is 6.30. The third-order valence-electron chi connectivity index (χ3n) is 7.35. The fraction of sp³-hybridized carbons (Fsp3) is 0.367. The summed E-state index contributed by atoms with van der Waals surface area (Å²) in [7, 11) is 0. The van der Waals surface area contributed by atoms with Gasteiger partial charge >= 0.3 is 0 Å². The van der Waals surface area contributed by atoms with Gasteiger partial charge < -0.3 is 15.3 Å². The van der Waals surface area contributed by atoms with Crippen LogP contribution in [0, 0.1) is 11.3 Å². The van der Waals surface area contributed by atoms with Crippen molar-refractivity contribution in [2.45, 2.75) is 45.8 Å².